The molecule has 0 aliphatic carbocycles. The van der Waals surface area contributed by atoms with E-state index in [9.17, 15) is 8.78 Å². The van der Waals surface area contributed by atoms with E-state index in [-0.39, 0.29) is 5.75 Å². The van der Waals surface area contributed by atoms with Gasteiger partial charge in [0.25, 0.3) is 0 Å². The third-order valence-corrected chi connectivity index (χ3v) is 4.60. The number of rotatable bonds is 4. The van der Waals surface area contributed by atoms with Gasteiger partial charge in [0, 0.05) is 12.6 Å². The molecule has 124 valence electrons. The molecule has 3 aromatic rings. The topological polar surface area (TPSA) is 38.9 Å². The average Bonchev–Trinajstić information content (AvgIpc) is 2.89. The van der Waals surface area contributed by atoms with E-state index in [4.69, 9.17) is 0 Å². The van der Waals surface area contributed by atoms with Crippen LogP contribution in [0.15, 0.2) is 58.7 Å². The van der Waals surface area contributed by atoms with Gasteiger partial charge in [-0.25, -0.2) is 0 Å². The first-order valence-corrected chi connectivity index (χ1v) is 8.05. The smallest absolute Gasteiger partial charge is 0.387 e. The number of fused-ring (bicyclic) bond motifs is 1. The number of aromatic nitrogens is 1. The van der Waals surface area contributed by atoms with Gasteiger partial charge in [-0.15, -0.1) is 5.10 Å². The summed E-state index contributed by atoms with van der Waals surface area (Å²) in [4.78, 5) is 0.725. The number of nitrogens with zero attached hydrogens (tertiary/aromatic N) is 3. The van der Waals surface area contributed by atoms with Crippen molar-refractivity contribution < 1.29 is 13.5 Å². The van der Waals surface area contributed by atoms with Gasteiger partial charge < -0.3 is 9.30 Å². The van der Waals surface area contributed by atoms with Crippen LogP contribution in [0.5, 0.6) is 5.75 Å². The molecule has 0 fully saturated rings. The molecule has 0 aliphatic heterocycles. The lowest BCUT2D eigenvalue weighted by molar-refractivity contribution is -0.0499. The average molecular weight is 347 g/mol. The molecule has 7 heteroatoms. The molecule has 0 spiro atoms. The zero-order valence-electron chi connectivity index (χ0n) is 13.1. The summed E-state index contributed by atoms with van der Waals surface area (Å²) >= 11 is 1.51. The molecule has 0 bridgehead atoms. The zero-order chi connectivity index (χ0) is 17.1. The predicted octanol–water partition coefficient (Wildman–Crippen LogP) is 4.17. The minimum absolute atomic E-state index is 0.0877. The lowest BCUT2D eigenvalue weighted by Crippen LogP contribution is -2.10. The van der Waals surface area contributed by atoms with E-state index in [1.54, 1.807) is 25.1 Å². The second-order valence-electron chi connectivity index (χ2n) is 5.07. The molecule has 0 N–H and O–H groups in total. The van der Waals surface area contributed by atoms with Crippen molar-refractivity contribution in [2.24, 2.45) is 17.3 Å². The van der Waals surface area contributed by atoms with Gasteiger partial charge in [0.1, 0.15) is 5.75 Å². The second kappa shape index (κ2) is 6.92. The largest absolute Gasteiger partial charge is 0.434 e. The van der Waals surface area contributed by atoms with Gasteiger partial charge in [-0.1, -0.05) is 35.6 Å². The maximum absolute atomic E-state index is 12.5. The lowest BCUT2D eigenvalue weighted by atomic mass is 10.1. The Hall–Kier alpha value is -2.54. The van der Waals surface area contributed by atoms with Crippen molar-refractivity contribution in [3.63, 3.8) is 0 Å². The normalized spacial score (nSPS) is 13.0. The molecule has 0 unspecified atom stereocenters. The number of hydrogen-bond acceptors (Lipinski definition) is 4. The van der Waals surface area contributed by atoms with Crippen molar-refractivity contribution in [1.29, 1.82) is 0 Å². The first kappa shape index (κ1) is 16.3. The molecule has 1 heterocycles. The monoisotopic (exact) mass is 347 g/mol. The van der Waals surface area contributed by atoms with Crippen molar-refractivity contribution in [2.75, 3.05) is 0 Å². The second-order valence-corrected chi connectivity index (χ2v) is 6.08. The summed E-state index contributed by atoms with van der Waals surface area (Å²) in [6.07, 6.45) is 0. The Bertz CT molecular complexity index is 960. The number of aryl methyl sites for hydroxylation is 1. The number of para-hydroxylation sites is 2. The molecule has 0 saturated heterocycles. The molecule has 0 atom stereocenters. The highest BCUT2D eigenvalue weighted by Gasteiger charge is 2.11. The minimum atomic E-state index is -2.88. The Balaban J connectivity index is 2.01. The summed E-state index contributed by atoms with van der Waals surface area (Å²) in [6, 6.07) is 14.5. The zero-order valence-corrected chi connectivity index (χ0v) is 13.9. The van der Waals surface area contributed by atoms with Crippen LogP contribution in [0.2, 0.25) is 0 Å². The molecule has 1 aromatic heterocycles. The Morgan fingerprint density at radius 2 is 1.83 bits per heavy atom. The van der Waals surface area contributed by atoms with Crippen molar-refractivity contribution >= 4 is 27.3 Å². The fourth-order valence-corrected chi connectivity index (χ4v) is 3.28. The van der Waals surface area contributed by atoms with Crippen LogP contribution in [0.25, 0.3) is 10.2 Å². The Kier molecular flexibility index (Phi) is 4.71. The molecule has 4 nitrogen and oxygen atoms in total. The summed E-state index contributed by atoms with van der Waals surface area (Å²) in [5.41, 5.74) is 2.06. The van der Waals surface area contributed by atoms with E-state index in [0.29, 0.717) is 11.3 Å². The van der Waals surface area contributed by atoms with Gasteiger partial charge in [0.05, 0.1) is 15.9 Å². The standard InChI is InChI=1S/C17H15F2N3OS/c1-11(12-7-3-5-9-14(12)23-16(18)19)20-21-17-22(2)13-8-4-6-10-15(13)24-17/h3-10,16H,1-2H3/b20-11+,21-17-. The molecular weight excluding hydrogens is 332 g/mol. The third-order valence-electron chi connectivity index (χ3n) is 3.49. The van der Waals surface area contributed by atoms with Crippen molar-refractivity contribution in [3.8, 4) is 5.75 Å². The fraction of sp³-hybridized carbons (Fsp3) is 0.176. The lowest BCUT2D eigenvalue weighted by Gasteiger charge is -2.09. The van der Waals surface area contributed by atoms with E-state index in [2.05, 4.69) is 14.9 Å². The maximum Gasteiger partial charge on any atom is 0.387 e. The predicted molar refractivity (Wildman–Crippen MR) is 91.6 cm³/mol. The molecule has 0 aliphatic rings. The number of thiazole rings is 1. The van der Waals surface area contributed by atoms with Gasteiger partial charge in [0.2, 0.25) is 4.80 Å². The maximum atomic E-state index is 12.5. The van der Waals surface area contributed by atoms with Gasteiger partial charge >= 0.3 is 6.61 Å². The first-order chi connectivity index (χ1) is 11.6. The van der Waals surface area contributed by atoms with Gasteiger partial charge in [0.15, 0.2) is 0 Å². The van der Waals surface area contributed by atoms with Crippen LogP contribution in [0.4, 0.5) is 8.78 Å². The number of ether oxygens (including phenoxy) is 1. The molecule has 3 rings (SSSR count). The minimum Gasteiger partial charge on any atom is -0.434 e. The highest BCUT2D eigenvalue weighted by molar-refractivity contribution is 7.16. The van der Waals surface area contributed by atoms with Crippen LogP contribution >= 0.6 is 11.3 Å². The van der Waals surface area contributed by atoms with Crippen LogP contribution in [-0.4, -0.2) is 16.9 Å². The van der Waals surface area contributed by atoms with E-state index < -0.39 is 6.61 Å². The molecule has 0 amide bonds. The van der Waals surface area contributed by atoms with Crippen LogP contribution in [0.3, 0.4) is 0 Å². The number of halogens is 2. The van der Waals surface area contributed by atoms with Gasteiger partial charge in [-0.3, -0.25) is 0 Å². The molecule has 0 saturated carbocycles. The molecule has 2 aromatic carbocycles. The highest BCUT2D eigenvalue weighted by atomic mass is 32.1. The van der Waals surface area contributed by atoms with E-state index in [1.165, 1.54) is 17.4 Å². The van der Waals surface area contributed by atoms with Crippen LogP contribution < -0.4 is 9.54 Å². The first-order valence-electron chi connectivity index (χ1n) is 7.23. The third kappa shape index (κ3) is 3.35. The number of alkyl halides is 2. The highest BCUT2D eigenvalue weighted by Crippen LogP contribution is 2.21. The van der Waals surface area contributed by atoms with Gasteiger partial charge in [-0.2, -0.15) is 13.9 Å². The van der Waals surface area contributed by atoms with Crippen molar-refractivity contribution in [3.05, 3.63) is 58.9 Å². The molecular formula is C17H15F2N3OS. The summed E-state index contributed by atoms with van der Waals surface area (Å²) in [6.45, 7) is -1.17. The summed E-state index contributed by atoms with van der Waals surface area (Å²) in [7, 11) is 1.91. The summed E-state index contributed by atoms with van der Waals surface area (Å²) in [5.74, 6) is 0.0877. The Morgan fingerprint density at radius 3 is 2.58 bits per heavy atom. The van der Waals surface area contributed by atoms with Crippen LogP contribution in [0.1, 0.15) is 12.5 Å². The van der Waals surface area contributed by atoms with E-state index in [0.717, 1.165) is 15.0 Å². The number of benzene rings is 2. The fourth-order valence-electron chi connectivity index (χ4n) is 2.31. The van der Waals surface area contributed by atoms with Crippen LogP contribution in [-0.2, 0) is 7.05 Å². The SMILES string of the molecule is C/C(=N\N=c1/sc2ccccc2n1C)c1ccccc1OC(F)F. The van der Waals surface area contributed by atoms with E-state index in [1.807, 2.05) is 35.9 Å². The molecule has 24 heavy (non-hydrogen) atoms. The quantitative estimate of drug-likeness (QED) is 0.516. The summed E-state index contributed by atoms with van der Waals surface area (Å²) < 4.78 is 32.6. The Labute approximate surface area is 141 Å². The Morgan fingerprint density at radius 1 is 1.12 bits per heavy atom. The van der Waals surface area contributed by atoms with Crippen molar-refractivity contribution in [1.82, 2.24) is 4.57 Å². The molecule has 0 radical (unpaired) electrons. The van der Waals surface area contributed by atoms with Crippen molar-refractivity contribution in [2.45, 2.75) is 13.5 Å². The van der Waals surface area contributed by atoms with Gasteiger partial charge in [-0.05, 0) is 31.2 Å². The summed E-state index contributed by atoms with van der Waals surface area (Å²) in [5, 5.41) is 8.46. The van der Waals surface area contributed by atoms with E-state index >= 15 is 0 Å². The number of hydrogen-bond donors (Lipinski definition) is 0. The van der Waals surface area contributed by atoms with Crippen LogP contribution in [0, 0.1) is 0 Å².